The Kier molecular flexibility index (Phi) is 6.93. The van der Waals surface area contributed by atoms with Crippen molar-refractivity contribution in [3.8, 4) is 0 Å². The average molecular weight is 371 g/mol. The molecule has 0 unspecified atom stereocenters. The molecule has 0 spiro atoms. The first-order chi connectivity index (χ1) is 12.9. The molecule has 0 heterocycles. The van der Waals surface area contributed by atoms with E-state index in [9.17, 15) is 14.4 Å². The summed E-state index contributed by atoms with van der Waals surface area (Å²) in [4.78, 5) is 37.1. The van der Waals surface area contributed by atoms with Gasteiger partial charge in [0.1, 0.15) is 0 Å². The van der Waals surface area contributed by atoms with E-state index in [0.717, 1.165) is 16.3 Å². The minimum Gasteiger partial charge on any atom is -0.464 e. The Morgan fingerprint density at radius 2 is 1.52 bits per heavy atom. The van der Waals surface area contributed by atoms with Crippen LogP contribution in [0.4, 0.5) is 0 Å². The van der Waals surface area contributed by atoms with Gasteiger partial charge in [0.15, 0.2) is 0 Å². The van der Waals surface area contributed by atoms with Crippen LogP contribution < -0.4 is 5.32 Å². The van der Waals surface area contributed by atoms with Gasteiger partial charge in [0.2, 0.25) is 11.4 Å². The number of hydrogen-bond donors (Lipinski definition) is 1. The molecule has 1 amide bonds. The van der Waals surface area contributed by atoms with Crippen LogP contribution in [0, 0.1) is 0 Å². The summed E-state index contributed by atoms with van der Waals surface area (Å²) >= 11 is 0. The lowest BCUT2D eigenvalue weighted by atomic mass is 9.89. The molecular formula is C21H25NO5. The Morgan fingerprint density at radius 3 is 2.11 bits per heavy atom. The Morgan fingerprint density at radius 1 is 0.926 bits per heavy atom. The molecule has 0 aliphatic heterocycles. The lowest BCUT2D eigenvalue weighted by Crippen LogP contribution is -2.61. The highest BCUT2D eigenvalue weighted by Crippen LogP contribution is 2.24. The van der Waals surface area contributed by atoms with Gasteiger partial charge in [0.25, 0.3) is 0 Å². The summed E-state index contributed by atoms with van der Waals surface area (Å²) < 4.78 is 10.2. The number of hydrogen-bond acceptors (Lipinski definition) is 5. The average Bonchev–Trinajstić information content (AvgIpc) is 2.65. The third kappa shape index (κ3) is 4.64. The fourth-order valence-electron chi connectivity index (χ4n) is 3.09. The van der Waals surface area contributed by atoms with Crippen LogP contribution in [0.25, 0.3) is 10.8 Å². The van der Waals surface area contributed by atoms with Gasteiger partial charge in [-0.15, -0.1) is 0 Å². The van der Waals surface area contributed by atoms with Gasteiger partial charge >= 0.3 is 11.9 Å². The number of amides is 1. The van der Waals surface area contributed by atoms with Crippen molar-refractivity contribution < 1.29 is 23.9 Å². The van der Waals surface area contributed by atoms with Gasteiger partial charge in [-0.25, -0.2) is 9.59 Å². The summed E-state index contributed by atoms with van der Waals surface area (Å²) in [5, 5.41) is 4.59. The number of carbonyl (C=O) groups is 3. The van der Waals surface area contributed by atoms with E-state index in [1.165, 1.54) is 6.92 Å². The van der Waals surface area contributed by atoms with Crippen molar-refractivity contribution in [2.75, 3.05) is 13.2 Å². The summed E-state index contributed by atoms with van der Waals surface area (Å²) in [7, 11) is 0. The summed E-state index contributed by atoms with van der Waals surface area (Å²) in [5.41, 5.74) is -0.897. The molecule has 27 heavy (non-hydrogen) atoms. The molecule has 0 bridgehead atoms. The van der Waals surface area contributed by atoms with Crippen LogP contribution in [-0.4, -0.2) is 36.6 Å². The van der Waals surface area contributed by atoms with Crippen LogP contribution in [0.1, 0.15) is 32.8 Å². The van der Waals surface area contributed by atoms with Crippen LogP contribution >= 0.6 is 0 Å². The van der Waals surface area contributed by atoms with Gasteiger partial charge in [0.05, 0.1) is 13.2 Å². The molecule has 6 heteroatoms. The van der Waals surface area contributed by atoms with E-state index in [0.29, 0.717) is 6.42 Å². The quantitative estimate of drug-likeness (QED) is 0.570. The van der Waals surface area contributed by atoms with Crippen molar-refractivity contribution in [1.29, 1.82) is 0 Å². The molecule has 0 radical (unpaired) electrons. The highest BCUT2D eigenvalue weighted by atomic mass is 16.6. The first kappa shape index (κ1) is 20.4. The maximum atomic E-state index is 12.7. The van der Waals surface area contributed by atoms with Gasteiger partial charge in [-0.3, -0.25) is 4.79 Å². The minimum atomic E-state index is -1.87. The highest BCUT2D eigenvalue weighted by molar-refractivity contribution is 6.07. The second kappa shape index (κ2) is 9.16. The van der Waals surface area contributed by atoms with Gasteiger partial charge in [-0.05, 0) is 43.0 Å². The Hall–Kier alpha value is -2.89. The van der Waals surface area contributed by atoms with E-state index < -0.39 is 23.4 Å². The molecular weight excluding hydrogens is 346 g/mol. The van der Waals surface area contributed by atoms with Crippen molar-refractivity contribution in [2.45, 2.75) is 39.2 Å². The van der Waals surface area contributed by atoms with E-state index in [2.05, 4.69) is 5.32 Å². The normalized spacial score (nSPS) is 11.1. The van der Waals surface area contributed by atoms with Crippen molar-refractivity contribution >= 4 is 28.6 Å². The maximum absolute atomic E-state index is 12.7. The molecule has 1 N–H and O–H groups in total. The number of esters is 2. The molecule has 0 aliphatic rings. The Balaban J connectivity index is 2.41. The summed E-state index contributed by atoms with van der Waals surface area (Å²) in [6, 6.07) is 13.7. The fraction of sp³-hybridized carbons (Fsp3) is 0.381. The molecule has 0 atom stereocenters. The van der Waals surface area contributed by atoms with Crippen LogP contribution in [0.15, 0.2) is 42.5 Å². The number of ether oxygens (including phenoxy) is 2. The number of rotatable bonds is 8. The van der Waals surface area contributed by atoms with Crippen molar-refractivity contribution in [1.82, 2.24) is 5.32 Å². The van der Waals surface area contributed by atoms with Gasteiger partial charge in [0, 0.05) is 6.92 Å². The standard InChI is InChI=1S/C21H25NO5/c1-4-26-19(24)21(22-15(3)23,20(25)27-5-2)14-13-17-11-8-10-16-9-6-7-12-18(16)17/h6-12H,4-5,13-14H2,1-3H3,(H,22,23). The Labute approximate surface area is 158 Å². The zero-order valence-electron chi connectivity index (χ0n) is 15.9. The third-order valence-electron chi connectivity index (χ3n) is 4.29. The maximum Gasteiger partial charge on any atom is 0.343 e. The molecule has 2 aromatic carbocycles. The van der Waals surface area contributed by atoms with E-state index in [1.807, 2.05) is 42.5 Å². The fourth-order valence-corrected chi connectivity index (χ4v) is 3.09. The first-order valence-corrected chi connectivity index (χ1v) is 9.04. The molecule has 2 rings (SSSR count). The van der Waals surface area contributed by atoms with E-state index >= 15 is 0 Å². The summed E-state index contributed by atoms with van der Waals surface area (Å²) in [6.07, 6.45) is 0.428. The topological polar surface area (TPSA) is 81.7 Å². The lowest BCUT2D eigenvalue weighted by molar-refractivity contribution is -0.168. The minimum absolute atomic E-state index is 0.0399. The van der Waals surface area contributed by atoms with Crippen molar-refractivity contribution in [3.05, 3.63) is 48.0 Å². The van der Waals surface area contributed by atoms with Crippen LogP contribution in [0.2, 0.25) is 0 Å². The first-order valence-electron chi connectivity index (χ1n) is 9.04. The van der Waals surface area contributed by atoms with Crippen LogP contribution in [-0.2, 0) is 30.3 Å². The van der Waals surface area contributed by atoms with Crippen molar-refractivity contribution in [3.63, 3.8) is 0 Å². The van der Waals surface area contributed by atoms with E-state index in [4.69, 9.17) is 9.47 Å². The predicted octanol–water partition coefficient (Wildman–Crippen LogP) is 2.77. The van der Waals surface area contributed by atoms with Crippen LogP contribution in [0.3, 0.4) is 0 Å². The lowest BCUT2D eigenvalue weighted by Gasteiger charge is -2.29. The van der Waals surface area contributed by atoms with Crippen molar-refractivity contribution in [2.24, 2.45) is 0 Å². The van der Waals surface area contributed by atoms with Gasteiger partial charge in [-0.2, -0.15) is 0 Å². The van der Waals surface area contributed by atoms with E-state index in [1.54, 1.807) is 13.8 Å². The molecule has 0 aromatic heterocycles. The SMILES string of the molecule is CCOC(=O)C(CCc1cccc2ccccc12)(NC(C)=O)C(=O)OCC. The molecule has 2 aromatic rings. The van der Waals surface area contributed by atoms with Crippen LogP contribution in [0.5, 0.6) is 0 Å². The zero-order valence-corrected chi connectivity index (χ0v) is 15.9. The molecule has 0 aliphatic carbocycles. The number of fused-ring (bicyclic) bond motifs is 1. The highest BCUT2D eigenvalue weighted by Gasteiger charge is 2.49. The number of benzene rings is 2. The smallest absolute Gasteiger partial charge is 0.343 e. The monoisotopic (exact) mass is 371 g/mol. The second-order valence-electron chi connectivity index (χ2n) is 6.17. The molecule has 0 saturated carbocycles. The number of aryl methyl sites for hydroxylation is 1. The molecule has 0 saturated heterocycles. The Bertz CT molecular complexity index is 807. The second-order valence-corrected chi connectivity index (χ2v) is 6.17. The largest absolute Gasteiger partial charge is 0.464 e. The number of carbonyl (C=O) groups excluding carboxylic acids is 3. The summed E-state index contributed by atoms with van der Waals surface area (Å²) in [6.45, 7) is 4.73. The molecule has 144 valence electrons. The summed E-state index contributed by atoms with van der Waals surface area (Å²) in [5.74, 6) is -2.12. The predicted molar refractivity (Wildman–Crippen MR) is 102 cm³/mol. The number of nitrogens with one attached hydrogen (secondary N) is 1. The molecule has 0 fully saturated rings. The third-order valence-corrected chi connectivity index (χ3v) is 4.29. The van der Waals surface area contributed by atoms with Gasteiger partial charge < -0.3 is 14.8 Å². The van der Waals surface area contributed by atoms with E-state index in [-0.39, 0.29) is 19.6 Å². The zero-order chi connectivity index (χ0) is 19.9. The molecule has 6 nitrogen and oxygen atoms in total. The van der Waals surface area contributed by atoms with Gasteiger partial charge in [-0.1, -0.05) is 42.5 Å².